The van der Waals surface area contributed by atoms with E-state index in [9.17, 15) is 0 Å². The summed E-state index contributed by atoms with van der Waals surface area (Å²) in [5.74, 6) is 0.721. The lowest BCUT2D eigenvalue weighted by atomic mass is 9.95. The molecule has 0 rings (SSSR count). The molecule has 0 saturated heterocycles. The molecular formula is C24H49. The van der Waals surface area contributed by atoms with E-state index in [1.165, 1.54) is 128 Å². The minimum Gasteiger partial charge on any atom is -0.0654 e. The van der Waals surface area contributed by atoms with Gasteiger partial charge in [0.05, 0.1) is 0 Å². The number of hydrogen-bond donors (Lipinski definition) is 0. The normalized spacial score (nSPS) is 11.5. The first-order valence-corrected chi connectivity index (χ1v) is 11.6. The van der Waals surface area contributed by atoms with Crippen LogP contribution in [0.15, 0.2) is 0 Å². The highest BCUT2D eigenvalue weighted by molar-refractivity contribution is 4.62. The molecule has 0 aromatic carbocycles. The van der Waals surface area contributed by atoms with Crippen molar-refractivity contribution in [3.8, 4) is 0 Å². The fourth-order valence-electron chi connectivity index (χ4n) is 3.63. The van der Waals surface area contributed by atoms with E-state index >= 15 is 0 Å². The maximum atomic E-state index is 4.37. The van der Waals surface area contributed by atoms with Crippen LogP contribution in [-0.4, -0.2) is 0 Å². The average molecular weight is 338 g/mol. The van der Waals surface area contributed by atoms with E-state index in [4.69, 9.17) is 0 Å². The van der Waals surface area contributed by atoms with Crippen molar-refractivity contribution in [1.82, 2.24) is 0 Å². The van der Waals surface area contributed by atoms with Crippen molar-refractivity contribution in [3.63, 3.8) is 0 Å². The van der Waals surface area contributed by atoms with Crippen LogP contribution in [0.25, 0.3) is 0 Å². The van der Waals surface area contributed by atoms with E-state index in [1.807, 2.05) is 0 Å². The summed E-state index contributed by atoms with van der Waals surface area (Å²) in [6.45, 7) is 8.96. The molecule has 0 aromatic heterocycles. The maximum Gasteiger partial charge on any atom is -0.0414 e. The van der Waals surface area contributed by atoms with Gasteiger partial charge >= 0.3 is 0 Å². The van der Waals surface area contributed by atoms with Gasteiger partial charge in [-0.05, 0) is 5.92 Å². The van der Waals surface area contributed by atoms with E-state index in [0.29, 0.717) is 0 Å². The molecule has 0 aromatic rings. The molecule has 0 aliphatic rings. The predicted octanol–water partition coefficient (Wildman–Crippen LogP) is 9.28. The molecule has 0 atom stereocenters. The predicted molar refractivity (Wildman–Crippen MR) is 113 cm³/mol. The molecule has 24 heavy (non-hydrogen) atoms. The third kappa shape index (κ3) is 20.0. The number of unbranched alkanes of at least 4 members (excludes halogenated alkanes) is 16. The van der Waals surface area contributed by atoms with E-state index in [2.05, 4.69) is 20.8 Å². The van der Waals surface area contributed by atoms with Gasteiger partial charge in [0, 0.05) is 0 Å². The minimum absolute atomic E-state index is 0.721. The van der Waals surface area contributed by atoms with Gasteiger partial charge in [-0.15, -0.1) is 0 Å². The Kier molecular flexibility index (Phi) is 21.0. The van der Waals surface area contributed by atoms with Crippen LogP contribution in [0.2, 0.25) is 0 Å². The highest BCUT2D eigenvalue weighted by atomic mass is 14.1. The van der Waals surface area contributed by atoms with E-state index in [-0.39, 0.29) is 0 Å². The Labute approximate surface area is 155 Å². The topological polar surface area (TPSA) is 0 Å². The highest BCUT2D eigenvalue weighted by Crippen LogP contribution is 2.18. The van der Waals surface area contributed by atoms with Crippen molar-refractivity contribution in [3.05, 3.63) is 6.92 Å². The number of rotatable bonds is 20. The first kappa shape index (κ1) is 24.0. The molecular weight excluding hydrogens is 288 g/mol. The molecule has 0 aliphatic heterocycles. The third-order valence-electron chi connectivity index (χ3n) is 5.43. The van der Waals surface area contributed by atoms with Crippen LogP contribution in [0.4, 0.5) is 0 Å². The summed E-state index contributed by atoms with van der Waals surface area (Å²) in [5, 5.41) is 0. The van der Waals surface area contributed by atoms with Gasteiger partial charge in [0.1, 0.15) is 0 Å². The van der Waals surface area contributed by atoms with Gasteiger partial charge in [0.2, 0.25) is 0 Å². The van der Waals surface area contributed by atoms with Crippen molar-refractivity contribution in [2.24, 2.45) is 5.92 Å². The highest BCUT2D eigenvalue weighted by Gasteiger charge is 2.02. The van der Waals surface area contributed by atoms with Gasteiger partial charge in [-0.25, -0.2) is 0 Å². The van der Waals surface area contributed by atoms with E-state index < -0.39 is 0 Å². The Balaban J connectivity index is 3.12. The molecule has 145 valence electrons. The van der Waals surface area contributed by atoms with Crippen LogP contribution in [0.5, 0.6) is 0 Å². The second-order valence-corrected chi connectivity index (χ2v) is 8.10. The Morgan fingerprint density at radius 1 is 0.417 bits per heavy atom. The lowest BCUT2D eigenvalue weighted by Gasteiger charge is -2.11. The molecule has 0 aliphatic carbocycles. The molecule has 0 heteroatoms. The van der Waals surface area contributed by atoms with Crippen molar-refractivity contribution < 1.29 is 0 Å². The summed E-state index contributed by atoms with van der Waals surface area (Å²) in [6.07, 6.45) is 28.6. The standard InChI is InChI=1S/C24H49/c1-4-6-8-10-12-14-16-18-20-22-24(3)23-21-19-17-15-13-11-9-7-5-2/h24H,3-23H2,1-2H3. The first-order chi connectivity index (χ1) is 11.8. The SMILES string of the molecule is [CH2]C(CCCCCCCCCCC)CCCCCCCCCCC. The second-order valence-electron chi connectivity index (χ2n) is 8.10. The Hall–Kier alpha value is 0. The zero-order chi connectivity index (χ0) is 17.7. The molecule has 0 N–H and O–H groups in total. The zero-order valence-corrected chi connectivity index (χ0v) is 17.4. The monoisotopic (exact) mass is 337 g/mol. The molecule has 0 bridgehead atoms. The lowest BCUT2D eigenvalue weighted by molar-refractivity contribution is 0.460. The van der Waals surface area contributed by atoms with Crippen LogP contribution >= 0.6 is 0 Å². The Bertz CT molecular complexity index is 186. The first-order valence-electron chi connectivity index (χ1n) is 11.6. The molecule has 1 radical (unpaired) electrons. The fourth-order valence-corrected chi connectivity index (χ4v) is 3.63. The molecule has 0 amide bonds. The van der Waals surface area contributed by atoms with Gasteiger partial charge in [-0.2, -0.15) is 0 Å². The van der Waals surface area contributed by atoms with Crippen molar-refractivity contribution >= 4 is 0 Å². The van der Waals surface area contributed by atoms with Crippen LogP contribution in [-0.2, 0) is 0 Å². The van der Waals surface area contributed by atoms with Crippen molar-refractivity contribution in [2.75, 3.05) is 0 Å². The van der Waals surface area contributed by atoms with Crippen LogP contribution in [0.3, 0.4) is 0 Å². The summed E-state index contributed by atoms with van der Waals surface area (Å²) in [5.41, 5.74) is 0. The largest absolute Gasteiger partial charge is 0.0654 e. The number of hydrogen-bond acceptors (Lipinski definition) is 0. The van der Waals surface area contributed by atoms with Gasteiger partial charge in [-0.1, -0.05) is 149 Å². The summed E-state index contributed by atoms with van der Waals surface area (Å²) in [6, 6.07) is 0. The Morgan fingerprint density at radius 2 is 0.667 bits per heavy atom. The zero-order valence-electron chi connectivity index (χ0n) is 17.4. The third-order valence-corrected chi connectivity index (χ3v) is 5.43. The molecule has 0 unspecified atom stereocenters. The molecule has 0 saturated carbocycles. The van der Waals surface area contributed by atoms with E-state index in [1.54, 1.807) is 0 Å². The van der Waals surface area contributed by atoms with Crippen LogP contribution in [0, 0.1) is 12.8 Å². The second kappa shape index (κ2) is 21.0. The van der Waals surface area contributed by atoms with Crippen LogP contribution < -0.4 is 0 Å². The van der Waals surface area contributed by atoms with Gasteiger partial charge < -0.3 is 0 Å². The quantitative estimate of drug-likeness (QED) is 0.194. The van der Waals surface area contributed by atoms with Gasteiger partial charge in [0.15, 0.2) is 0 Å². The van der Waals surface area contributed by atoms with Gasteiger partial charge in [0.25, 0.3) is 0 Å². The average Bonchev–Trinajstić information content (AvgIpc) is 2.59. The minimum atomic E-state index is 0.721. The van der Waals surface area contributed by atoms with Gasteiger partial charge in [-0.3, -0.25) is 0 Å². The summed E-state index contributed by atoms with van der Waals surface area (Å²) < 4.78 is 0. The van der Waals surface area contributed by atoms with E-state index in [0.717, 1.165) is 5.92 Å². The Morgan fingerprint density at radius 3 is 0.958 bits per heavy atom. The summed E-state index contributed by atoms with van der Waals surface area (Å²) >= 11 is 0. The maximum absolute atomic E-state index is 4.37. The smallest absolute Gasteiger partial charge is 0.0414 e. The lowest BCUT2D eigenvalue weighted by Crippen LogP contribution is -1.95. The summed E-state index contributed by atoms with van der Waals surface area (Å²) in [4.78, 5) is 0. The molecule has 0 spiro atoms. The fraction of sp³-hybridized carbons (Fsp3) is 0.958. The molecule has 0 heterocycles. The van der Waals surface area contributed by atoms with Crippen molar-refractivity contribution in [2.45, 2.75) is 142 Å². The van der Waals surface area contributed by atoms with Crippen molar-refractivity contribution in [1.29, 1.82) is 0 Å². The molecule has 0 fully saturated rings. The van der Waals surface area contributed by atoms with Crippen LogP contribution in [0.1, 0.15) is 142 Å². The molecule has 0 nitrogen and oxygen atoms in total. The summed E-state index contributed by atoms with van der Waals surface area (Å²) in [7, 11) is 0.